The molecule has 5 aliphatic rings. The van der Waals surface area contributed by atoms with Crippen molar-refractivity contribution in [2.45, 2.75) is 127 Å². The summed E-state index contributed by atoms with van der Waals surface area (Å²) in [6.45, 7) is 8.27. The molecule has 1 fully saturated rings. The highest BCUT2D eigenvalue weighted by atomic mass is 16.6. The highest BCUT2D eigenvalue weighted by Gasteiger charge is 2.50. The second kappa shape index (κ2) is 19.3. The molecule has 65 heavy (non-hydrogen) atoms. The molecule has 2 aliphatic carbocycles. The number of methoxy groups -OCH3 is 1. The predicted molar refractivity (Wildman–Crippen MR) is 251 cm³/mol. The van der Waals surface area contributed by atoms with E-state index in [4.69, 9.17) is 18.9 Å². The maximum absolute atomic E-state index is 11.2. The average molecular weight is 889 g/mol. The van der Waals surface area contributed by atoms with Crippen LogP contribution in [0.4, 0.5) is 0 Å². The second-order valence-electron chi connectivity index (χ2n) is 19.9. The Kier molecular flexibility index (Phi) is 13.5. The molecule has 0 spiro atoms. The van der Waals surface area contributed by atoms with E-state index in [0.29, 0.717) is 82.8 Å². The summed E-state index contributed by atoms with van der Waals surface area (Å²) in [5.41, 5.74) is 6.40. The van der Waals surface area contributed by atoms with Crippen LogP contribution < -0.4 is 40.7 Å². The van der Waals surface area contributed by atoms with Crippen molar-refractivity contribution in [3.63, 3.8) is 0 Å². The molecule has 1 saturated carbocycles. The molecule has 0 radical (unpaired) electrons. The van der Waals surface area contributed by atoms with Crippen LogP contribution in [0, 0.1) is 5.92 Å². The van der Waals surface area contributed by atoms with Crippen molar-refractivity contribution in [3.05, 3.63) is 98.6 Å². The molecular weight excluding hydrogens is 821 g/mol. The zero-order valence-corrected chi connectivity index (χ0v) is 38.6. The van der Waals surface area contributed by atoms with Gasteiger partial charge in [-0.15, -0.1) is 0 Å². The largest absolute Gasteiger partial charge is 0.508 e. The third-order valence-electron chi connectivity index (χ3n) is 14.3. The van der Waals surface area contributed by atoms with Crippen molar-refractivity contribution in [2.24, 2.45) is 10.9 Å². The number of benzene rings is 4. The number of phenolic OH excluding ortho intramolecular Hbond substituents is 2. The highest BCUT2D eigenvalue weighted by Crippen LogP contribution is 2.57. The van der Waals surface area contributed by atoms with Crippen LogP contribution >= 0.6 is 0 Å². The summed E-state index contributed by atoms with van der Waals surface area (Å²) in [5, 5.41) is 56.6. The van der Waals surface area contributed by atoms with Gasteiger partial charge in [-0.2, -0.15) is 0 Å². The molecule has 12 heteroatoms. The lowest BCUT2D eigenvalue weighted by molar-refractivity contribution is -0.132. The van der Waals surface area contributed by atoms with Gasteiger partial charge in [-0.1, -0.05) is 57.4 Å². The van der Waals surface area contributed by atoms with E-state index < -0.39 is 17.3 Å². The van der Waals surface area contributed by atoms with Crippen LogP contribution in [0.3, 0.4) is 0 Å². The number of aliphatic hydroxyl groups excluding tert-OH is 1. The predicted octanol–water partition coefficient (Wildman–Crippen LogP) is 6.00. The van der Waals surface area contributed by atoms with E-state index in [1.54, 1.807) is 19.2 Å². The number of nitrogens with one attached hydrogen (secondary N) is 3. The van der Waals surface area contributed by atoms with Gasteiger partial charge >= 0.3 is 0 Å². The van der Waals surface area contributed by atoms with Gasteiger partial charge in [0.25, 0.3) is 0 Å². The van der Waals surface area contributed by atoms with Crippen molar-refractivity contribution in [1.29, 1.82) is 0 Å². The first-order valence-electron chi connectivity index (χ1n) is 23.9. The van der Waals surface area contributed by atoms with Crippen molar-refractivity contribution < 1.29 is 39.4 Å². The average Bonchev–Trinajstić information content (AvgIpc) is 3.77. The standard InChI is InChI=1S/C53H68N4O8/c1-32(2)25-52(3,61)28-54-30-55-29-53(63-31-57-37-8-6-5-7-9-37)26-44-43-22-36(21-33-10-16-45-34(20-33)18-19-56-45)42-24-38(59)12-14-40(42)48(43)50-41(15-13-39(27-58)64-50)49(44)65-51(53)35-11-17-46(60)47(23-35)62-4/h10-12,14,16-18,20,23-24,32,36-37,39,51,54-55,57-61H,5-9,13,15,19,21-22,25-31H2,1-4H3. The van der Waals surface area contributed by atoms with Crippen molar-refractivity contribution in [2.75, 3.05) is 46.8 Å². The van der Waals surface area contributed by atoms with Crippen molar-refractivity contribution in [3.8, 4) is 39.9 Å². The fourth-order valence-electron chi connectivity index (χ4n) is 11.4. The fourth-order valence-corrected chi connectivity index (χ4v) is 11.4. The summed E-state index contributed by atoms with van der Waals surface area (Å²) in [6, 6.07) is 18.0. The van der Waals surface area contributed by atoms with E-state index in [1.807, 2.05) is 31.2 Å². The van der Waals surface area contributed by atoms with Crippen molar-refractivity contribution in [1.82, 2.24) is 16.0 Å². The molecule has 0 aromatic heterocycles. The molecule has 3 aliphatic heterocycles. The minimum absolute atomic E-state index is 0.0173. The number of nitrogens with zero attached hydrogens (tertiary/aromatic N) is 1. The summed E-state index contributed by atoms with van der Waals surface area (Å²) < 4.78 is 27.4. The van der Waals surface area contributed by atoms with Gasteiger partial charge in [0.05, 0.1) is 38.0 Å². The molecule has 9 rings (SSSR count). The van der Waals surface area contributed by atoms with E-state index >= 15 is 0 Å². The SMILES string of the molecule is COc1cc(C2Oc3c(c4c(c5c3CCC(CO)O5)-c3ccc(O)cc3C(Cc3ccc5c(c3)=CCN=5)C4)CC2(CNCNCC(C)(O)CC(C)C)OCNC2CCCCC2)ccc1O. The summed E-state index contributed by atoms with van der Waals surface area (Å²) >= 11 is 0. The summed E-state index contributed by atoms with van der Waals surface area (Å²) in [4.78, 5) is 4.63. The normalized spacial score (nSPS) is 23.1. The maximum atomic E-state index is 11.2. The van der Waals surface area contributed by atoms with Gasteiger partial charge in [-0.05, 0) is 133 Å². The van der Waals surface area contributed by atoms with E-state index in [0.717, 1.165) is 80.3 Å². The van der Waals surface area contributed by atoms with Crippen LogP contribution in [0.2, 0.25) is 0 Å². The number of fused-ring (bicyclic) bond motifs is 9. The van der Waals surface area contributed by atoms with E-state index in [1.165, 1.54) is 24.8 Å². The highest BCUT2D eigenvalue weighted by molar-refractivity contribution is 5.85. The Hall–Kier alpha value is -4.69. The third-order valence-corrected chi connectivity index (χ3v) is 14.3. The van der Waals surface area contributed by atoms with Gasteiger partial charge in [0.2, 0.25) is 0 Å². The van der Waals surface area contributed by atoms with Gasteiger partial charge in [-0.3, -0.25) is 10.3 Å². The lowest BCUT2D eigenvalue weighted by atomic mass is 9.70. The molecule has 5 unspecified atom stereocenters. The Morgan fingerprint density at radius 2 is 1.78 bits per heavy atom. The van der Waals surface area contributed by atoms with E-state index in [9.17, 15) is 20.4 Å². The van der Waals surface area contributed by atoms with E-state index in [-0.39, 0.29) is 30.1 Å². The van der Waals surface area contributed by atoms with Crippen LogP contribution in [-0.4, -0.2) is 90.5 Å². The minimum atomic E-state index is -0.978. The Bertz CT molecular complexity index is 2480. The number of ether oxygens (including phenoxy) is 4. The zero-order valence-electron chi connectivity index (χ0n) is 38.6. The molecule has 5 atom stereocenters. The first-order valence-corrected chi connectivity index (χ1v) is 23.9. The summed E-state index contributed by atoms with van der Waals surface area (Å²) in [6.07, 6.45) is 10.9. The topological polar surface area (TPSA) is 166 Å². The number of hydrogen-bond acceptors (Lipinski definition) is 12. The van der Waals surface area contributed by atoms with Gasteiger partial charge in [0.15, 0.2) is 17.6 Å². The first-order chi connectivity index (χ1) is 31.4. The van der Waals surface area contributed by atoms with E-state index in [2.05, 4.69) is 59.1 Å². The number of phenols is 2. The molecule has 3 heterocycles. The number of aromatic hydroxyl groups is 2. The quantitative estimate of drug-likeness (QED) is 0.0492. The number of rotatable bonds is 17. The van der Waals surface area contributed by atoms with Gasteiger partial charge < -0.3 is 50.0 Å². The summed E-state index contributed by atoms with van der Waals surface area (Å²) in [7, 11) is 1.55. The third kappa shape index (κ3) is 9.62. The Labute approximate surface area is 383 Å². The lowest BCUT2D eigenvalue weighted by Crippen LogP contribution is -2.56. The monoisotopic (exact) mass is 889 g/mol. The van der Waals surface area contributed by atoms with Gasteiger partial charge in [-0.25, -0.2) is 0 Å². The number of hydrogen-bond donors (Lipinski definition) is 7. The smallest absolute Gasteiger partial charge is 0.160 e. The molecule has 348 valence electrons. The number of aliphatic hydroxyl groups is 2. The van der Waals surface area contributed by atoms with Gasteiger partial charge in [0.1, 0.15) is 29.0 Å². The molecule has 4 aromatic carbocycles. The summed E-state index contributed by atoms with van der Waals surface area (Å²) in [5.74, 6) is 2.48. The van der Waals surface area contributed by atoms with Crippen LogP contribution in [-0.2, 0) is 30.4 Å². The molecule has 0 saturated heterocycles. The zero-order chi connectivity index (χ0) is 45.3. The van der Waals surface area contributed by atoms with Crippen LogP contribution in [0.15, 0.2) is 59.6 Å². The Balaban J connectivity index is 1.17. The van der Waals surface area contributed by atoms with Crippen LogP contribution in [0.1, 0.15) is 111 Å². The second-order valence-corrected chi connectivity index (χ2v) is 19.9. The Morgan fingerprint density at radius 1 is 0.938 bits per heavy atom. The molecule has 0 amide bonds. The minimum Gasteiger partial charge on any atom is -0.508 e. The van der Waals surface area contributed by atoms with Crippen molar-refractivity contribution >= 4 is 6.08 Å². The van der Waals surface area contributed by atoms with Gasteiger partial charge in [0, 0.05) is 48.9 Å². The Morgan fingerprint density at radius 3 is 2.58 bits per heavy atom. The molecule has 0 bridgehead atoms. The first kappa shape index (κ1) is 45.5. The molecule has 12 nitrogen and oxygen atoms in total. The molecular formula is C53H68N4O8. The van der Waals surface area contributed by atoms with Crippen LogP contribution in [0.25, 0.3) is 17.2 Å². The lowest BCUT2D eigenvalue weighted by Gasteiger charge is -2.47. The maximum Gasteiger partial charge on any atom is 0.160 e. The van der Waals surface area contributed by atoms with Crippen LogP contribution in [0.5, 0.6) is 28.7 Å². The fraction of sp³-hybridized carbons (Fsp3) is 0.528. The molecule has 7 N–H and O–H groups in total. The molecule has 4 aromatic rings.